The van der Waals surface area contributed by atoms with Crippen LogP contribution in [0.5, 0.6) is 0 Å². The molecule has 3 nitrogen and oxygen atoms in total. The summed E-state index contributed by atoms with van der Waals surface area (Å²) in [4.78, 5) is 14.9. The Morgan fingerprint density at radius 3 is 2.50 bits per heavy atom. The lowest BCUT2D eigenvalue weighted by Crippen LogP contribution is -2.13. The predicted octanol–water partition coefficient (Wildman–Crippen LogP) is 1.99. The number of carbonyl (C=O) groups excluding carboxylic acids is 1. The lowest BCUT2D eigenvalue weighted by Gasteiger charge is -2.10. The van der Waals surface area contributed by atoms with Crippen LogP contribution in [0.3, 0.4) is 0 Å². The van der Waals surface area contributed by atoms with Crippen LogP contribution >= 0.6 is 23.2 Å². The molecule has 1 aromatic heterocycles. The molecule has 1 atom stereocenters. The van der Waals surface area contributed by atoms with Gasteiger partial charge < -0.3 is 5.32 Å². The Morgan fingerprint density at radius 1 is 1.36 bits per heavy atom. The summed E-state index contributed by atoms with van der Waals surface area (Å²) in [6.07, 6.45) is 3.54. The van der Waals surface area contributed by atoms with Crippen molar-refractivity contribution in [3.05, 3.63) is 28.0 Å². The summed E-state index contributed by atoms with van der Waals surface area (Å²) in [5.41, 5.74) is 0.821. The van der Waals surface area contributed by atoms with Crippen LogP contribution in [-0.4, -0.2) is 17.4 Å². The fourth-order valence-electron chi connectivity index (χ4n) is 1.62. The Balaban J connectivity index is 2.36. The summed E-state index contributed by atoms with van der Waals surface area (Å²) in [5, 5.41) is 3.80. The first kappa shape index (κ1) is 9.74. The van der Waals surface area contributed by atoms with Gasteiger partial charge in [-0.15, -0.1) is 0 Å². The Hall–Kier alpha value is -0.800. The topological polar surface area (TPSA) is 42.0 Å². The lowest BCUT2D eigenvalue weighted by molar-refractivity contribution is -0.119. The molecule has 0 spiro atoms. The van der Waals surface area contributed by atoms with Gasteiger partial charge in [-0.2, -0.15) is 0 Å². The average molecular weight is 231 g/mol. The third-order valence-electron chi connectivity index (χ3n) is 2.28. The van der Waals surface area contributed by atoms with Crippen LogP contribution in [0.4, 0.5) is 0 Å². The van der Waals surface area contributed by atoms with Gasteiger partial charge >= 0.3 is 0 Å². The quantitative estimate of drug-likeness (QED) is 0.802. The molecule has 2 rings (SSSR count). The number of hydrogen-bond donors (Lipinski definition) is 1. The Bertz CT molecular complexity index is 361. The van der Waals surface area contributed by atoms with Crippen molar-refractivity contribution < 1.29 is 4.79 Å². The summed E-state index contributed by atoms with van der Waals surface area (Å²) in [5.74, 6) is 0.115. The van der Waals surface area contributed by atoms with E-state index in [9.17, 15) is 4.79 Å². The average Bonchev–Trinajstić information content (AvgIpc) is 2.51. The minimum absolute atomic E-state index is 0.0407. The number of aromatic nitrogens is 1. The van der Waals surface area contributed by atoms with Crippen molar-refractivity contribution in [2.75, 3.05) is 6.54 Å². The molecule has 0 aliphatic carbocycles. The van der Waals surface area contributed by atoms with E-state index in [1.54, 1.807) is 12.4 Å². The van der Waals surface area contributed by atoms with Crippen molar-refractivity contribution in [2.24, 2.45) is 0 Å². The highest BCUT2D eigenvalue weighted by molar-refractivity contribution is 6.35. The summed E-state index contributed by atoms with van der Waals surface area (Å²) in [6, 6.07) is 0. The second kappa shape index (κ2) is 3.75. The highest BCUT2D eigenvalue weighted by Gasteiger charge is 2.26. The largest absolute Gasteiger partial charge is 0.355 e. The predicted molar refractivity (Wildman–Crippen MR) is 54.6 cm³/mol. The number of amides is 1. The number of rotatable bonds is 1. The monoisotopic (exact) mass is 230 g/mol. The van der Waals surface area contributed by atoms with Gasteiger partial charge in [-0.25, -0.2) is 0 Å². The fraction of sp³-hybridized carbons (Fsp3) is 0.333. The van der Waals surface area contributed by atoms with Crippen LogP contribution in [0.25, 0.3) is 0 Å². The normalized spacial score (nSPS) is 21.0. The molecule has 1 amide bonds. The van der Waals surface area contributed by atoms with E-state index < -0.39 is 0 Å². The van der Waals surface area contributed by atoms with Gasteiger partial charge in [0.15, 0.2) is 0 Å². The second-order valence-electron chi connectivity index (χ2n) is 3.22. The number of nitrogens with one attached hydrogen (secondary N) is 1. The van der Waals surface area contributed by atoms with Gasteiger partial charge in [0.2, 0.25) is 5.91 Å². The SMILES string of the molecule is O=C1CC(c2c(Cl)cncc2Cl)CN1. The fourth-order valence-corrected chi connectivity index (χ4v) is 2.29. The van der Waals surface area contributed by atoms with E-state index in [0.29, 0.717) is 23.0 Å². The van der Waals surface area contributed by atoms with Crippen molar-refractivity contribution in [2.45, 2.75) is 12.3 Å². The molecule has 74 valence electrons. The Labute approximate surface area is 91.4 Å². The number of hydrogen-bond acceptors (Lipinski definition) is 2. The molecular weight excluding hydrogens is 223 g/mol. The number of halogens is 2. The minimum Gasteiger partial charge on any atom is -0.355 e. The summed E-state index contributed by atoms with van der Waals surface area (Å²) < 4.78 is 0. The van der Waals surface area contributed by atoms with Crippen LogP contribution in [0.2, 0.25) is 10.0 Å². The third-order valence-corrected chi connectivity index (χ3v) is 2.88. The molecule has 0 bridgehead atoms. The Kier molecular flexibility index (Phi) is 2.61. The van der Waals surface area contributed by atoms with E-state index in [1.807, 2.05) is 0 Å². The van der Waals surface area contributed by atoms with Crippen LogP contribution in [0.1, 0.15) is 17.9 Å². The maximum absolute atomic E-state index is 11.0. The molecule has 0 aromatic carbocycles. The van der Waals surface area contributed by atoms with Gasteiger partial charge in [-0.05, 0) is 5.56 Å². The summed E-state index contributed by atoms with van der Waals surface area (Å²) in [7, 11) is 0. The van der Waals surface area contributed by atoms with Gasteiger partial charge in [-0.1, -0.05) is 23.2 Å². The van der Waals surface area contributed by atoms with E-state index in [0.717, 1.165) is 5.56 Å². The lowest BCUT2D eigenvalue weighted by atomic mass is 9.99. The summed E-state index contributed by atoms with van der Waals surface area (Å²) in [6.45, 7) is 0.599. The molecule has 1 saturated heterocycles. The molecular formula is C9H8Cl2N2O. The van der Waals surface area contributed by atoms with E-state index >= 15 is 0 Å². The first-order valence-electron chi connectivity index (χ1n) is 4.24. The molecule has 14 heavy (non-hydrogen) atoms. The van der Waals surface area contributed by atoms with Crippen molar-refractivity contribution in [1.29, 1.82) is 0 Å². The zero-order valence-corrected chi connectivity index (χ0v) is 8.77. The number of carbonyl (C=O) groups is 1. The molecule has 1 unspecified atom stereocenters. The number of nitrogens with zero attached hydrogens (tertiary/aromatic N) is 1. The van der Waals surface area contributed by atoms with Gasteiger partial charge in [-0.3, -0.25) is 9.78 Å². The molecule has 1 aliphatic heterocycles. The molecule has 1 fully saturated rings. The van der Waals surface area contributed by atoms with E-state index in [4.69, 9.17) is 23.2 Å². The van der Waals surface area contributed by atoms with Crippen molar-refractivity contribution in [1.82, 2.24) is 10.3 Å². The first-order chi connectivity index (χ1) is 6.68. The van der Waals surface area contributed by atoms with E-state index in [2.05, 4.69) is 10.3 Å². The van der Waals surface area contributed by atoms with Crippen LogP contribution < -0.4 is 5.32 Å². The highest BCUT2D eigenvalue weighted by Crippen LogP contribution is 2.33. The number of pyridine rings is 1. The molecule has 1 aromatic rings. The van der Waals surface area contributed by atoms with Crippen molar-refractivity contribution in [3.63, 3.8) is 0 Å². The van der Waals surface area contributed by atoms with E-state index in [1.165, 1.54) is 0 Å². The minimum atomic E-state index is 0.0407. The van der Waals surface area contributed by atoms with Gasteiger partial charge in [0.1, 0.15) is 0 Å². The van der Waals surface area contributed by atoms with Crippen LogP contribution in [0, 0.1) is 0 Å². The zero-order valence-electron chi connectivity index (χ0n) is 7.26. The molecule has 0 saturated carbocycles. The molecule has 2 heterocycles. The van der Waals surface area contributed by atoms with Crippen LogP contribution in [-0.2, 0) is 4.79 Å². The molecule has 1 N–H and O–H groups in total. The summed E-state index contributed by atoms with van der Waals surface area (Å²) >= 11 is 11.9. The second-order valence-corrected chi connectivity index (χ2v) is 4.04. The zero-order chi connectivity index (χ0) is 10.1. The maximum atomic E-state index is 11.0. The third kappa shape index (κ3) is 1.70. The molecule has 5 heteroatoms. The highest BCUT2D eigenvalue weighted by atomic mass is 35.5. The van der Waals surface area contributed by atoms with Crippen LogP contribution in [0.15, 0.2) is 12.4 Å². The molecule has 0 radical (unpaired) electrons. The van der Waals surface area contributed by atoms with Crippen molar-refractivity contribution >= 4 is 29.1 Å². The smallest absolute Gasteiger partial charge is 0.220 e. The Morgan fingerprint density at radius 2 is 2.00 bits per heavy atom. The first-order valence-corrected chi connectivity index (χ1v) is 4.99. The maximum Gasteiger partial charge on any atom is 0.220 e. The van der Waals surface area contributed by atoms with Gasteiger partial charge in [0.25, 0.3) is 0 Å². The van der Waals surface area contributed by atoms with Crippen molar-refractivity contribution in [3.8, 4) is 0 Å². The van der Waals surface area contributed by atoms with E-state index in [-0.39, 0.29) is 11.8 Å². The standard InChI is InChI=1S/C9H8Cl2N2O/c10-6-3-12-4-7(11)9(6)5-1-8(14)13-2-5/h3-5H,1-2H2,(H,13,14). The van der Waals surface area contributed by atoms with Gasteiger partial charge in [0, 0.05) is 31.3 Å². The van der Waals surface area contributed by atoms with Gasteiger partial charge in [0.05, 0.1) is 10.0 Å². The molecule has 1 aliphatic rings.